The number of carbonyl (C=O) groups is 1. The fraction of sp³-hybridized carbons (Fsp3) is 0.429. The maximum Gasteiger partial charge on any atom is 0.228 e. The van der Waals surface area contributed by atoms with E-state index in [-0.39, 0.29) is 5.91 Å². The fourth-order valence-corrected chi connectivity index (χ4v) is 2.44. The molecular weight excluding hydrogens is 286 g/mol. The van der Waals surface area contributed by atoms with Gasteiger partial charge in [0.25, 0.3) is 0 Å². The predicted octanol–water partition coefficient (Wildman–Crippen LogP) is 2.53. The van der Waals surface area contributed by atoms with Gasteiger partial charge in [0.1, 0.15) is 0 Å². The summed E-state index contributed by atoms with van der Waals surface area (Å²) in [7, 11) is 0. The van der Waals surface area contributed by atoms with Crippen LogP contribution < -0.4 is 10.6 Å². The summed E-state index contributed by atoms with van der Waals surface area (Å²) in [5, 5.41) is 8.48. The van der Waals surface area contributed by atoms with Crippen LogP contribution >= 0.6 is 11.3 Å². The third kappa shape index (κ3) is 5.47. The van der Waals surface area contributed by atoms with Crippen LogP contribution in [0.25, 0.3) is 0 Å². The zero-order chi connectivity index (χ0) is 14.9. The molecule has 2 aromatic rings. The summed E-state index contributed by atoms with van der Waals surface area (Å²) in [5.74, 6) is 0.515. The number of hydrogen-bond acceptors (Lipinski definition) is 6. The Bertz CT molecular complexity index is 558. The standard InChI is InChI=1S/C14H19N5OS/c1-2-3-4-6-15-12(20)9-11-10-21-14(18-11)19-13-16-7-5-8-17-13/h5,7-8,10H,2-4,6,9H2,1H3,(H,15,20)(H,16,17,18,19). The monoisotopic (exact) mass is 305 g/mol. The molecule has 2 aromatic heterocycles. The van der Waals surface area contributed by atoms with Gasteiger partial charge in [-0.3, -0.25) is 4.79 Å². The Morgan fingerprint density at radius 1 is 1.29 bits per heavy atom. The Balaban J connectivity index is 1.79. The molecule has 0 saturated heterocycles. The largest absolute Gasteiger partial charge is 0.356 e. The highest BCUT2D eigenvalue weighted by Crippen LogP contribution is 2.18. The lowest BCUT2D eigenvalue weighted by Crippen LogP contribution is -2.26. The Morgan fingerprint density at radius 3 is 2.86 bits per heavy atom. The topological polar surface area (TPSA) is 79.8 Å². The molecule has 2 heterocycles. The summed E-state index contributed by atoms with van der Waals surface area (Å²) >= 11 is 1.44. The Labute approximate surface area is 128 Å². The second kappa shape index (κ2) is 8.31. The Hall–Kier alpha value is -2.02. The van der Waals surface area contributed by atoms with Gasteiger partial charge in [-0.1, -0.05) is 19.8 Å². The van der Waals surface area contributed by atoms with E-state index in [0.717, 1.165) is 31.5 Å². The van der Waals surface area contributed by atoms with Crippen molar-refractivity contribution in [3.8, 4) is 0 Å². The van der Waals surface area contributed by atoms with Crippen molar-refractivity contribution in [2.24, 2.45) is 0 Å². The van der Waals surface area contributed by atoms with Gasteiger partial charge in [0.15, 0.2) is 5.13 Å². The molecule has 0 saturated carbocycles. The smallest absolute Gasteiger partial charge is 0.228 e. The van der Waals surface area contributed by atoms with Gasteiger partial charge >= 0.3 is 0 Å². The van der Waals surface area contributed by atoms with Gasteiger partial charge in [0.05, 0.1) is 12.1 Å². The van der Waals surface area contributed by atoms with E-state index in [1.807, 2.05) is 5.38 Å². The molecule has 6 nitrogen and oxygen atoms in total. The predicted molar refractivity (Wildman–Crippen MR) is 83.7 cm³/mol. The quantitative estimate of drug-likeness (QED) is 0.733. The second-order valence-electron chi connectivity index (χ2n) is 4.58. The molecule has 0 fully saturated rings. The minimum atomic E-state index is 0.0129. The lowest BCUT2D eigenvalue weighted by atomic mass is 10.2. The number of rotatable bonds is 8. The molecule has 0 aliphatic heterocycles. The SMILES string of the molecule is CCCCCNC(=O)Cc1csc(Nc2ncccn2)n1. The molecule has 1 amide bonds. The number of carbonyl (C=O) groups excluding carboxylic acids is 1. The number of aromatic nitrogens is 3. The molecule has 0 spiro atoms. The maximum absolute atomic E-state index is 11.8. The van der Waals surface area contributed by atoms with Crippen molar-refractivity contribution in [2.75, 3.05) is 11.9 Å². The van der Waals surface area contributed by atoms with Gasteiger partial charge in [0, 0.05) is 24.3 Å². The number of hydrogen-bond donors (Lipinski definition) is 2. The lowest BCUT2D eigenvalue weighted by molar-refractivity contribution is -0.120. The van der Waals surface area contributed by atoms with Gasteiger partial charge in [-0.15, -0.1) is 11.3 Å². The number of thiazole rings is 1. The first-order chi connectivity index (χ1) is 10.3. The molecule has 0 aliphatic rings. The summed E-state index contributed by atoms with van der Waals surface area (Å²) in [5.41, 5.74) is 0.756. The average molecular weight is 305 g/mol. The molecule has 0 aliphatic carbocycles. The molecule has 2 rings (SSSR count). The first-order valence-corrected chi connectivity index (χ1v) is 7.91. The molecule has 0 unspecified atom stereocenters. The molecule has 112 valence electrons. The van der Waals surface area contributed by atoms with E-state index in [1.54, 1.807) is 18.5 Å². The summed E-state index contributed by atoms with van der Waals surface area (Å²) < 4.78 is 0. The molecule has 21 heavy (non-hydrogen) atoms. The highest BCUT2D eigenvalue weighted by molar-refractivity contribution is 7.13. The van der Waals surface area contributed by atoms with E-state index in [2.05, 4.69) is 32.5 Å². The van der Waals surface area contributed by atoms with Crippen LogP contribution in [0.2, 0.25) is 0 Å². The van der Waals surface area contributed by atoms with E-state index in [1.165, 1.54) is 11.3 Å². The van der Waals surface area contributed by atoms with Crippen molar-refractivity contribution in [3.63, 3.8) is 0 Å². The number of amides is 1. The summed E-state index contributed by atoms with van der Waals surface area (Å²) in [6, 6.07) is 1.75. The molecule has 2 N–H and O–H groups in total. The van der Waals surface area contributed by atoms with E-state index in [9.17, 15) is 4.79 Å². The van der Waals surface area contributed by atoms with E-state index in [4.69, 9.17) is 0 Å². The van der Waals surface area contributed by atoms with Crippen molar-refractivity contribution in [3.05, 3.63) is 29.5 Å². The minimum absolute atomic E-state index is 0.0129. The molecule has 7 heteroatoms. The molecular formula is C14H19N5OS. The summed E-state index contributed by atoms with van der Waals surface area (Å²) in [4.78, 5) is 24.2. The molecule has 0 atom stereocenters. The van der Waals surface area contributed by atoms with Crippen molar-refractivity contribution in [2.45, 2.75) is 32.6 Å². The van der Waals surface area contributed by atoms with Crippen molar-refractivity contribution in [1.29, 1.82) is 0 Å². The Morgan fingerprint density at radius 2 is 2.10 bits per heavy atom. The van der Waals surface area contributed by atoms with Crippen LogP contribution in [0.3, 0.4) is 0 Å². The van der Waals surface area contributed by atoms with Gasteiger partial charge in [-0.05, 0) is 12.5 Å². The second-order valence-corrected chi connectivity index (χ2v) is 5.43. The van der Waals surface area contributed by atoms with E-state index >= 15 is 0 Å². The normalized spacial score (nSPS) is 10.3. The van der Waals surface area contributed by atoms with E-state index in [0.29, 0.717) is 17.5 Å². The third-order valence-electron chi connectivity index (χ3n) is 2.78. The van der Waals surface area contributed by atoms with Crippen molar-refractivity contribution < 1.29 is 4.79 Å². The van der Waals surface area contributed by atoms with Crippen LogP contribution in [0.1, 0.15) is 31.9 Å². The van der Waals surface area contributed by atoms with Crippen LogP contribution in [0.5, 0.6) is 0 Å². The molecule has 0 radical (unpaired) electrons. The zero-order valence-electron chi connectivity index (χ0n) is 12.0. The van der Waals surface area contributed by atoms with Crippen LogP contribution in [-0.4, -0.2) is 27.4 Å². The van der Waals surface area contributed by atoms with Crippen molar-refractivity contribution in [1.82, 2.24) is 20.3 Å². The summed E-state index contributed by atoms with van der Waals surface area (Å²) in [6.45, 7) is 2.88. The van der Waals surface area contributed by atoms with Crippen LogP contribution in [0, 0.1) is 0 Å². The third-order valence-corrected chi connectivity index (χ3v) is 3.59. The van der Waals surface area contributed by atoms with Crippen LogP contribution in [0.4, 0.5) is 11.1 Å². The number of nitrogens with zero attached hydrogens (tertiary/aromatic N) is 3. The highest BCUT2D eigenvalue weighted by atomic mass is 32.1. The van der Waals surface area contributed by atoms with Crippen LogP contribution in [-0.2, 0) is 11.2 Å². The Kier molecular flexibility index (Phi) is 6.08. The lowest BCUT2D eigenvalue weighted by Gasteiger charge is -2.02. The maximum atomic E-state index is 11.8. The number of unbranched alkanes of at least 4 members (excludes halogenated alkanes) is 2. The zero-order valence-corrected chi connectivity index (χ0v) is 12.8. The minimum Gasteiger partial charge on any atom is -0.356 e. The highest BCUT2D eigenvalue weighted by Gasteiger charge is 2.08. The van der Waals surface area contributed by atoms with Crippen LogP contribution in [0.15, 0.2) is 23.8 Å². The first-order valence-electron chi connectivity index (χ1n) is 7.03. The van der Waals surface area contributed by atoms with Gasteiger partial charge < -0.3 is 10.6 Å². The van der Waals surface area contributed by atoms with Crippen molar-refractivity contribution >= 4 is 28.3 Å². The number of anilines is 2. The average Bonchev–Trinajstić information content (AvgIpc) is 2.92. The van der Waals surface area contributed by atoms with Gasteiger partial charge in [-0.2, -0.15) is 0 Å². The van der Waals surface area contributed by atoms with E-state index < -0.39 is 0 Å². The van der Waals surface area contributed by atoms with Gasteiger partial charge in [-0.25, -0.2) is 15.0 Å². The number of nitrogens with one attached hydrogen (secondary N) is 2. The first kappa shape index (κ1) is 15.4. The molecule has 0 bridgehead atoms. The fourth-order valence-electron chi connectivity index (χ4n) is 1.73. The molecule has 0 aromatic carbocycles. The van der Waals surface area contributed by atoms with Gasteiger partial charge in [0.2, 0.25) is 11.9 Å². The summed E-state index contributed by atoms with van der Waals surface area (Å²) in [6.07, 6.45) is 6.94.